The Morgan fingerprint density at radius 1 is 1.41 bits per heavy atom. The molecule has 1 aliphatic rings. The topological polar surface area (TPSA) is 29.9 Å². The van der Waals surface area contributed by atoms with Gasteiger partial charge in [0.2, 0.25) is 0 Å². The van der Waals surface area contributed by atoms with E-state index in [2.05, 4.69) is 30.5 Å². The molecule has 2 unspecified atom stereocenters. The highest BCUT2D eigenvalue weighted by molar-refractivity contribution is 5.06. The van der Waals surface area contributed by atoms with Crippen LogP contribution in [0.5, 0.6) is 0 Å². The van der Waals surface area contributed by atoms with Crippen LogP contribution >= 0.6 is 0 Å². The molecule has 1 heterocycles. The maximum absolute atomic E-state index is 4.24. The quantitative estimate of drug-likeness (QED) is 0.819. The maximum atomic E-state index is 4.24. The predicted octanol–water partition coefficient (Wildman–Crippen LogP) is 2.23. The van der Waals surface area contributed by atoms with Gasteiger partial charge < -0.3 is 5.32 Å². The largest absolute Gasteiger partial charge is 0.316 e. The Labute approximate surface area is 105 Å². The lowest BCUT2D eigenvalue weighted by molar-refractivity contribution is 0.169. The number of nitrogens with zero attached hydrogens (tertiary/aromatic N) is 2. The molecule has 3 nitrogen and oxygen atoms in total. The molecular formula is C14H25N3. The number of rotatable bonds is 6. The van der Waals surface area contributed by atoms with Gasteiger partial charge in [-0.2, -0.15) is 5.10 Å². The van der Waals surface area contributed by atoms with Crippen LogP contribution in [0.25, 0.3) is 0 Å². The summed E-state index contributed by atoms with van der Waals surface area (Å²) in [5.41, 5.74) is 1.39. The zero-order valence-electron chi connectivity index (χ0n) is 11.3. The van der Waals surface area contributed by atoms with Crippen molar-refractivity contribution in [3.63, 3.8) is 0 Å². The van der Waals surface area contributed by atoms with Crippen LogP contribution in [0.15, 0.2) is 12.4 Å². The lowest BCUT2D eigenvalue weighted by atomic mass is 9.71. The molecule has 1 N–H and O–H groups in total. The normalized spacial score (nSPS) is 24.0. The SMILES string of the molecule is CC(C)CNCC1CCC1Cc1cnn(C)c1. The highest BCUT2D eigenvalue weighted by Gasteiger charge is 2.30. The van der Waals surface area contributed by atoms with Gasteiger partial charge in [-0.1, -0.05) is 13.8 Å². The molecule has 3 heteroatoms. The van der Waals surface area contributed by atoms with E-state index in [1.54, 1.807) is 0 Å². The molecule has 1 fully saturated rings. The van der Waals surface area contributed by atoms with Crippen LogP contribution in [0, 0.1) is 17.8 Å². The van der Waals surface area contributed by atoms with Gasteiger partial charge in [-0.15, -0.1) is 0 Å². The summed E-state index contributed by atoms with van der Waals surface area (Å²) in [5, 5.41) is 7.83. The molecule has 2 atom stereocenters. The maximum Gasteiger partial charge on any atom is 0.0521 e. The Bertz CT molecular complexity index is 343. The zero-order chi connectivity index (χ0) is 12.3. The lowest BCUT2D eigenvalue weighted by Crippen LogP contribution is -2.37. The van der Waals surface area contributed by atoms with Crippen LogP contribution in [0.1, 0.15) is 32.3 Å². The van der Waals surface area contributed by atoms with E-state index in [0.717, 1.165) is 24.3 Å². The summed E-state index contributed by atoms with van der Waals surface area (Å²) in [7, 11) is 1.99. The number of aromatic nitrogens is 2. The molecule has 0 spiro atoms. The number of hydrogen-bond acceptors (Lipinski definition) is 2. The first-order valence-corrected chi connectivity index (χ1v) is 6.83. The fourth-order valence-corrected chi connectivity index (χ4v) is 2.61. The highest BCUT2D eigenvalue weighted by atomic mass is 15.2. The monoisotopic (exact) mass is 235 g/mol. The van der Waals surface area contributed by atoms with E-state index in [-0.39, 0.29) is 0 Å². The van der Waals surface area contributed by atoms with E-state index in [0.29, 0.717) is 0 Å². The first kappa shape index (κ1) is 12.6. The molecule has 1 aliphatic carbocycles. The third-order valence-corrected chi connectivity index (χ3v) is 3.79. The molecule has 0 bridgehead atoms. The summed E-state index contributed by atoms with van der Waals surface area (Å²) in [6, 6.07) is 0. The second-order valence-corrected chi connectivity index (χ2v) is 5.88. The second kappa shape index (κ2) is 5.67. The van der Waals surface area contributed by atoms with Crippen molar-refractivity contribution in [3.05, 3.63) is 18.0 Å². The molecule has 0 aromatic carbocycles. The third kappa shape index (κ3) is 3.56. The standard InChI is InChI=1S/C14H25N3/c1-11(2)7-15-9-14-5-4-13(14)6-12-8-16-17(3)10-12/h8,10-11,13-15H,4-7,9H2,1-3H3. The van der Waals surface area contributed by atoms with Crippen molar-refractivity contribution in [2.24, 2.45) is 24.8 Å². The predicted molar refractivity (Wildman–Crippen MR) is 70.8 cm³/mol. The molecule has 2 rings (SSSR count). The fourth-order valence-electron chi connectivity index (χ4n) is 2.61. The van der Waals surface area contributed by atoms with E-state index < -0.39 is 0 Å². The van der Waals surface area contributed by atoms with Crippen molar-refractivity contribution in [2.45, 2.75) is 33.1 Å². The molecule has 1 aromatic heterocycles. The third-order valence-electron chi connectivity index (χ3n) is 3.79. The molecule has 1 saturated carbocycles. The first-order chi connectivity index (χ1) is 8.15. The van der Waals surface area contributed by atoms with Crippen molar-refractivity contribution >= 4 is 0 Å². The number of hydrogen-bond donors (Lipinski definition) is 1. The van der Waals surface area contributed by atoms with Crippen LogP contribution < -0.4 is 5.32 Å². The van der Waals surface area contributed by atoms with E-state index in [1.165, 1.54) is 31.4 Å². The molecule has 0 radical (unpaired) electrons. The van der Waals surface area contributed by atoms with Crippen molar-refractivity contribution in [2.75, 3.05) is 13.1 Å². The summed E-state index contributed by atoms with van der Waals surface area (Å²) in [6.45, 7) is 6.88. The highest BCUT2D eigenvalue weighted by Crippen LogP contribution is 2.36. The van der Waals surface area contributed by atoms with Gasteiger partial charge in [0, 0.05) is 13.2 Å². The summed E-state index contributed by atoms with van der Waals surface area (Å²) in [6.07, 6.45) is 8.16. The van der Waals surface area contributed by atoms with Gasteiger partial charge >= 0.3 is 0 Å². The van der Waals surface area contributed by atoms with Crippen LogP contribution in [0.2, 0.25) is 0 Å². The summed E-state index contributed by atoms with van der Waals surface area (Å²) in [4.78, 5) is 0. The van der Waals surface area contributed by atoms with Gasteiger partial charge in [0.1, 0.15) is 0 Å². The van der Waals surface area contributed by atoms with E-state index in [1.807, 2.05) is 17.9 Å². The summed E-state index contributed by atoms with van der Waals surface area (Å²) >= 11 is 0. The van der Waals surface area contributed by atoms with Crippen LogP contribution in [-0.2, 0) is 13.5 Å². The summed E-state index contributed by atoms with van der Waals surface area (Å²) < 4.78 is 1.90. The van der Waals surface area contributed by atoms with Gasteiger partial charge in [-0.25, -0.2) is 0 Å². The number of nitrogens with one attached hydrogen (secondary N) is 1. The number of aryl methyl sites for hydroxylation is 1. The van der Waals surface area contributed by atoms with E-state index in [9.17, 15) is 0 Å². The second-order valence-electron chi connectivity index (χ2n) is 5.88. The van der Waals surface area contributed by atoms with Crippen molar-refractivity contribution < 1.29 is 0 Å². The van der Waals surface area contributed by atoms with Crippen LogP contribution in [0.3, 0.4) is 0 Å². The van der Waals surface area contributed by atoms with E-state index >= 15 is 0 Å². The Morgan fingerprint density at radius 3 is 2.71 bits per heavy atom. The molecule has 0 aliphatic heterocycles. The lowest BCUT2D eigenvalue weighted by Gasteiger charge is -2.37. The first-order valence-electron chi connectivity index (χ1n) is 6.83. The minimum atomic E-state index is 0.756. The fraction of sp³-hybridized carbons (Fsp3) is 0.786. The average Bonchev–Trinajstić information content (AvgIpc) is 2.65. The molecule has 0 amide bonds. The molecule has 0 saturated heterocycles. The van der Waals surface area contributed by atoms with E-state index in [4.69, 9.17) is 0 Å². The Hall–Kier alpha value is -0.830. The van der Waals surface area contributed by atoms with Crippen molar-refractivity contribution in [1.29, 1.82) is 0 Å². The van der Waals surface area contributed by atoms with Gasteiger partial charge in [-0.3, -0.25) is 4.68 Å². The van der Waals surface area contributed by atoms with Crippen LogP contribution in [-0.4, -0.2) is 22.9 Å². The smallest absolute Gasteiger partial charge is 0.0521 e. The minimum Gasteiger partial charge on any atom is -0.316 e. The van der Waals surface area contributed by atoms with Gasteiger partial charge in [0.05, 0.1) is 6.20 Å². The zero-order valence-corrected chi connectivity index (χ0v) is 11.3. The Morgan fingerprint density at radius 2 is 2.18 bits per heavy atom. The molecule has 17 heavy (non-hydrogen) atoms. The molecule has 1 aromatic rings. The van der Waals surface area contributed by atoms with Crippen molar-refractivity contribution in [1.82, 2.24) is 15.1 Å². The Kier molecular flexibility index (Phi) is 4.21. The average molecular weight is 235 g/mol. The van der Waals surface area contributed by atoms with Gasteiger partial charge in [0.25, 0.3) is 0 Å². The van der Waals surface area contributed by atoms with Crippen molar-refractivity contribution in [3.8, 4) is 0 Å². The molecule has 96 valence electrons. The van der Waals surface area contributed by atoms with Gasteiger partial charge in [-0.05, 0) is 55.7 Å². The van der Waals surface area contributed by atoms with Crippen LogP contribution in [0.4, 0.5) is 0 Å². The Balaban J connectivity index is 1.71. The van der Waals surface area contributed by atoms with Gasteiger partial charge in [0.15, 0.2) is 0 Å². The minimum absolute atomic E-state index is 0.756. The molecular weight excluding hydrogens is 210 g/mol. The summed E-state index contributed by atoms with van der Waals surface area (Å²) in [5.74, 6) is 2.51.